The number of aliphatic hydroxyl groups excluding tert-OH is 5. The molecule has 19 N–H and O–H groups in total. The van der Waals surface area contributed by atoms with E-state index in [1.807, 2.05) is 24.3 Å². The summed E-state index contributed by atoms with van der Waals surface area (Å²) < 4.78 is 5.24. The fourth-order valence-corrected chi connectivity index (χ4v) is 12.6. The Hall–Kier alpha value is -8.97. The largest absolute Gasteiger partial charge is 0.481 e. The van der Waals surface area contributed by atoms with E-state index in [0.29, 0.717) is 22.9 Å². The summed E-state index contributed by atoms with van der Waals surface area (Å²) in [4.78, 5) is 145. The number of thioether (sulfide) groups is 1. The maximum absolute atomic E-state index is 14.2. The molecule has 1 aliphatic carbocycles. The molecular weight excluding hydrogens is 1310 g/mol. The number of nitrogens with zero attached hydrogens (tertiary/aromatic N) is 3. The molecule has 2 heterocycles. The van der Waals surface area contributed by atoms with Crippen LogP contribution in [-0.2, 0) is 54.4 Å². The lowest BCUT2D eigenvalue weighted by Gasteiger charge is -2.26. The third-order valence-electron chi connectivity index (χ3n) is 15.0. The van der Waals surface area contributed by atoms with E-state index in [1.54, 1.807) is 12.1 Å². The first kappa shape index (κ1) is 76.1. The molecule has 0 bridgehead atoms. The number of nitrogens with two attached hydrogens (primary N) is 1. The van der Waals surface area contributed by atoms with Crippen LogP contribution in [0.5, 0.6) is 0 Å². The Labute approximate surface area is 560 Å². The third kappa shape index (κ3) is 23.4. The Morgan fingerprint density at radius 2 is 1.27 bits per heavy atom. The number of hydrogen-bond acceptors (Lipinski definition) is 25. The van der Waals surface area contributed by atoms with Gasteiger partial charge >= 0.3 is 23.9 Å². The molecule has 0 radical (unpaired) electrons. The van der Waals surface area contributed by atoms with E-state index in [-0.39, 0.29) is 78.0 Å². The minimum absolute atomic E-state index is 0.0172. The lowest BCUT2D eigenvalue weighted by atomic mass is 9.99. The number of rotatable bonds is 41. The number of anilines is 2. The molecule has 0 spiro atoms. The van der Waals surface area contributed by atoms with Gasteiger partial charge < -0.3 is 93.5 Å². The second-order valence-electron chi connectivity index (χ2n) is 22.0. The highest BCUT2D eigenvalue weighted by molar-refractivity contribution is 8.76. The average Bonchev–Trinajstić information content (AvgIpc) is 1.61. The highest BCUT2D eigenvalue weighted by Gasteiger charge is 2.34. The van der Waals surface area contributed by atoms with Gasteiger partial charge in [-0.3, -0.25) is 43.8 Å². The molecule has 9 atom stereocenters. The van der Waals surface area contributed by atoms with Crippen molar-refractivity contribution in [2.75, 3.05) is 60.4 Å². The summed E-state index contributed by atoms with van der Waals surface area (Å²) in [7, 11) is 1.99. The number of carboxylic acid groups (broad SMARTS) is 3. The third-order valence-corrected chi connectivity index (χ3v) is 18.4. The molecule has 6 rings (SSSR count). The number of carbonyl (C=O) groups is 10. The smallest absolute Gasteiger partial charge is 0.327 e. The van der Waals surface area contributed by atoms with Gasteiger partial charge in [-0.05, 0) is 65.8 Å². The maximum atomic E-state index is 14.2. The zero-order valence-corrected chi connectivity index (χ0v) is 54.3. The molecule has 0 saturated heterocycles. The summed E-state index contributed by atoms with van der Waals surface area (Å²) in [6.07, 6.45) is -8.74. The summed E-state index contributed by atoms with van der Waals surface area (Å²) in [5.74, 6) is -10.3. The number of H-pyrrole nitrogens is 1. The zero-order chi connectivity index (χ0) is 70.0. The number of ether oxygens (including phenoxy) is 1. The topological polar surface area (TPSA) is 530 Å². The summed E-state index contributed by atoms with van der Waals surface area (Å²) in [5, 5.41) is 104. The minimum Gasteiger partial charge on any atom is -0.481 e. The Bertz CT molecular complexity index is 3570. The molecule has 35 heteroatoms. The SMILES string of the molecule is C[C@@H](CCC(=O)O)C(=O)N[C@@H](CCC(=O)NC[C@H](O)[C@@H](O)[C@H](O)[C@H](O)CO)C(=O)N[C@@H](CNC(=O)CCSCC1c2ccccc2-c2ccccc21)C(=O)N[C@@H](CSSCCOC(=O)CC[C@H](NC(=O)c1ccc(NCc2cnc3nc(N)[nH]c(=N)c3n2)cc1)C(=O)O)C(=O)O. The second-order valence-corrected chi connectivity index (χ2v) is 25.8. The summed E-state index contributed by atoms with van der Waals surface area (Å²) in [6.45, 7) is -0.910. The van der Waals surface area contributed by atoms with Crippen LogP contribution in [0.1, 0.15) is 85.0 Å². The van der Waals surface area contributed by atoms with E-state index < -0.39 is 159 Å². The number of carboxylic acids is 3. The molecule has 3 aromatic carbocycles. The van der Waals surface area contributed by atoms with Crippen molar-refractivity contribution in [1.82, 2.24) is 51.8 Å². The number of aromatic amines is 1. The number of esters is 1. The van der Waals surface area contributed by atoms with Gasteiger partial charge in [-0.2, -0.15) is 16.7 Å². The van der Waals surface area contributed by atoms with Gasteiger partial charge in [0.25, 0.3) is 5.91 Å². The number of amides is 6. The molecular formula is C61H77N13O19S3. The predicted molar refractivity (Wildman–Crippen MR) is 351 cm³/mol. The molecule has 1 aliphatic rings. The molecule has 0 unspecified atom stereocenters. The number of hydrogen-bond donors (Lipinski definition) is 18. The number of aliphatic carboxylic acids is 3. The van der Waals surface area contributed by atoms with Crippen LogP contribution < -0.4 is 48.4 Å². The van der Waals surface area contributed by atoms with Crippen molar-refractivity contribution >= 4 is 115 Å². The average molecular weight is 1390 g/mol. The van der Waals surface area contributed by atoms with Crippen molar-refractivity contribution in [3.05, 3.63) is 107 Å². The number of fused-ring (bicyclic) bond motifs is 4. The molecule has 5 aromatic rings. The number of aliphatic hydroxyl groups is 5. The van der Waals surface area contributed by atoms with Crippen LogP contribution in [0.25, 0.3) is 22.3 Å². The van der Waals surface area contributed by atoms with Gasteiger partial charge in [0.2, 0.25) is 35.5 Å². The molecule has 2 aromatic heterocycles. The van der Waals surface area contributed by atoms with Crippen molar-refractivity contribution < 1.29 is 93.5 Å². The quantitative estimate of drug-likeness (QED) is 0.0131. The number of aromatic nitrogens is 4. The molecule has 0 aliphatic heterocycles. The highest BCUT2D eigenvalue weighted by atomic mass is 33.1. The summed E-state index contributed by atoms with van der Waals surface area (Å²) >= 11 is 1.52. The molecule has 0 saturated carbocycles. The van der Waals surface area contributed by atoms with Crippen LogP contribution in [0.3, 0.4) is 0 Å². The fraction of sp³-hybridized carbons (Fsp3) is 0.443. The van der Waals surface area contributed by atoms with Gasteiger partial charge in [-0.1, -0.05) is 77.0 Å². The number of nitrogen functional groups attached to an aromatic ring is 1. The number of carbonyl (C=O) groups excluding carboxylic acids is 7. The summed E-state index contributed by atoms with van der Waals surface area (Å²) in [5.41, 5.74) is 11.7. The van der Waals surface area contributed by atoms with Crippen molar-refractivity contribution in [2.45, 2.75) is 113 Å². The number of nitrogens with one attached hydrogen (secondary N) is 9. The first-order chi connectivity index (χ1) is 45.8. The lowest BCUT2D eigenvalue weighted by molar-refractivity contribution is -0.144. The van der Waals surface area contributed by atoms with E-state index >= 15 is 0 Å². The van der Waals surface area contributed by atoms with Gasteiger partial charge in [-0.25, -0.2) is 19.6 Å². The van der Waals surface area contributed by atoms with Crippen molar-refractivity contribution in [2.24, 2.45) is 5.92 Å². The molecule has 518 valence electrons. The molecule has 0 fully saturated rings. The normalized spacial score (nSPS) is 14.5. The van der Waals surface area contributed by atoms with E-state index in [1.165, 1.54) is 37.0 Å². The first-order valence-corrected chi connectivity index (χ1v) is 33.8. The maximum Gasteiger partial charge on any atom is 0.327 e. The first-order valence-electron chi connectivity index (χ1n) is 30.2. The van der Waals surface area contributed by atoms with Crippen LogP contribution in [0.2, 0.25) is 0 Å². The Balaban J connectivity index is 1.01. The highest BCUT2D eigenvalue weighted by Crippen LogP contribution is 2.45. The van der Waals surface area contributed by atoms with Gasteiger partial charge in [0, 0.05) is 84.9 Å². The van der Waals surface area contributed by atoms with Crippen LogP contribution in [0.4, 0.5) is 11.6 Å². The second kappa shape index (κ2) is 37.9. The minimum atomic E-state index is -2.02. The van der Waals surface area contributed by atoms with E-state index in [0.717, 1.165) is 43.8 Å². The summed E-state index contributed by atoms with van der Waals surface area (Å²) in [6, 6.07) is 15.6. The lowest BCUT2D eigenvalue weighted by Crippen LogP contribution is -2.59. The van der Waals surface area contributed by atoms with E-state index in [9.17, 15) is 83.7 Å². The Kier molecular flexibility index (Phi) is 30.1. The van der Waals surface area contributed by atoms with Crippen LogP contribution in [0.15, 0.2) is 79.0 Å². The van der Waals surface area contributed by atoms with Crippen LogP contribution >= 0.6 is 33.3 Å². The van der Waals surface area contributed by atoms with Gasteiger partial charge in [-0.15, -0.1) is 0 Å². The van der Waals surface area contributed by atoms with Crippen molar-refractivity contribution in [3.63, 3.8) is 0 Å². The van der Waals surface area contributed by atoms with Gasteiger partial charge in [0.1, 0.15) is 49.1 Å². The van der Waals surface area contributed by atoms with Gasteiger partial charge in [0.15, 0.2) is 16.7 Å². The molecule has 96 heavy (non-hydrogen) atoms. The van der Waals surface area contributed by atoms with Crippen molar-refractivity contribution in [3.8, 4) is 11.1 Å². The Morgan fingerprint density at radius 3 is 1.93 bits per heavy atom. The fourth-order valence-electron chi connectivity index (χ4n) is 9.57. The monoisotopic (exact) mass is 1390 g/mol. The van der Waals surface area contributed by atoms with Gasteiger partial charge in [0.05, 0.1) is 31.1 Å². The standard InChI is InChI=1S/C61H77N13O19S3/c1-31(10-18-48(80)81)55(85)69-40(15-17-46(78)66-27-44(76)51(83)52(84)45(77)28-75)57(87)71-42(26-65-47(79)20-22-94-29-39-37-8-4-2-6-35(37)36-7-3-5-9-38(36)39)58(88)72-43(60(91)92)30-96-95-23-21-93-49(82)19-16-41(59(89)90)70-56(86)32-11-13-33(14-12-32)64-24-34-25-67-54-50(68-34)53(62)73-61(63)74-54/h2-9,11-14,25,31,39-45,51-52,64,75-77,83-84H,10,15-24,26-30H2,1H3,(H,65,79)(H,66,78)(H,69,85)(H,70,86)(H,71,87)(H,72,88)(H,80,81)(H,89,90)(H,91,92)(H4,62,63,67,73,74)/t31-,40-,41-,42-,43-,44-,45+,51+,52+/m0/s1. The van der Waals surface area contributed by atoms with E-state index in [2.05, 4.69) is 81.4 Å². The molecule has 32 nitrogen and oxygen atoms in total. The van der Waals surface area contributed by atoms with Crippen LogP contribution in [0, 0.1) is 11.3 Å². The van der Waals surface area contributed by atoms with Crippen LogP contribution in [-0.4, -0.2) is 218 Å². The molecule has 6 amide bonds. The Morgan fingerprint density at radius 1 is 0.667 bits per heavy atom. The van der Waals surface area contributed by atoms with E-state index in [4.69, 9.17) is 21.0 Å². The number of benzene rings is 3. The zero-order valence-electron chi connectivity index (χ0n) is 51.8. The predicted octanol–water partition coefficient (Wildman–Crippen LogP) is -0.661. The van der Waals surface area contributed by atoms with Crippen molar-refractivity contribution in [1.29, 1.82) is 5.41 Å².